The third-order valence-corrected chi connectivity index (χ3v) is 4.76. The minimum absolute atomic E-state index is 0.785. The van der Waals surface area contributed by atoms with Crippen molar-refractivity contribution in [1.29, 1.82) is 0 Å². The Morgan fingerprint density at radius 1 is 1.12 bits per heavy atom. The highest BCUT2D eigenvalue weighted by atomic mass is 32.2. The first kappa shape index (κ1) is 16.7. The summed E-state index contributed by atoms with van der Waals surface area (Å²) in [4.78, 5) is 5.94. The molecule has 0 amide bonds. The SMILES string of the molecule is CCSc1ccc(CNc2cc(C)nc3c(OC)cccc23)cc1. The number of para-hydroxylation sites is 1. The Morgan fingerprint density at radius 3 is 2.62 bits per heavy atom. The van der Waals surface area contributed by atoms with Crippen molar-refractivity contribution in [3.8, 4) is 5.75 Å². The van der Waals surface area contributed by atoms with Crippen molar-refractivity contribution in [1.82, 2.24) is 4.98 Å². The fourth-order valence-electron chi connectivity index (χ4n) is 2.73. The molecule has 1 N–H and O–H groups in total. The van der Waals surface area contributed by atoms with E-state index in [1.54, 1.807) is 7.11 Å². The molecule has 3 rings (SSSR count). The first-order valence-corrected chi connectivity index (χ1v) is 9.09. The van der Waals surface area contributed by atoms with Crippen molar-refractivity contribution in [3.05, 3.63) is 59.8 Å². The average molecular weight is 338 g/mol. The number of rotatable bonds is 6. The van der Waals surface area contributed by atoms with Crippen molar-refractivity contribution in [3.63, 3.8) is 0 Å². The van der Waals surface area contributed by atoms with Crippen LogP contribution in [0.1, 0.15) is 18.2 Å². The summed E-state index contributed by atoms with van der Waals surface area (Å²) < 4.78 is 5.44. The second kappa shape index (κ2) is 7.58. The van der Waals surface area contributed by atoms with Crippen LogP contribution in [0, 0.1) is 6.92 Å². The third-order valence-electron chi connectivity index (χ3n) is 3.87. The van der Waals surface area contributed by atoms with Gasteiger partial charge in [-0.25, -0.2) is 4.98 Å². The Hall–Kier alpha value is -2.20. The normalized spacial score (nSPS) is 10.8. The number of hydrogen-bond donors (Lipinski definition) is 1. The van der Waals surface area contributed by atoms with Gasteiger partial charge in [-0.05, 0) is 42.5 Å². The van der Waals surface area contributed by atoms with E-state index in [0.717, 1.165) is 40.3 Å². The molecule has 3 nitrogen and oxygen atoms in total. The monoisotopic (exact) mass is 338 g/mol. The highest BCUT2D eigenvalue weighted by Gasteiger charge is 2.08. The molecule has 0 fully saturated rings. The number of ether oxygens (including phenoxy) is 1. The summed E-state index contributed by atoms with van der Waals surface area (Å²) in [5.41, 5.74) is 4.23. The van der Waals surface area contributed by atoms with E-state index in [0.29, 0.717) is 0 Å². The number of thioether (sulfide) groups is 1. The Kier molecular flexibility index (Phi) is 5.26. The van der Waals surface area contributed by atoms with Crippen LogP contribution in [0.3, 0.4) is 0 Å². The number of nitrogens with zero attached hydrogens (tertiary/aromatic N) is 1. The molecule has 2 aromatic carbocycles. The summed E-state index contributed by atoms with van der Waals surface area (Å²) >= 11 is 1.86. The van der Waals surface area contributed by atoms with Crippen molar-refractivity contribution in [2.45, 2.75) is 25.3 Å². The van der Waals surface area contributed by atoms with Gasteiger partial charge in [0, 0.05) is 28.2 Å². The lowest BCUT2D eigenvalue weighted by atomic mass is 10.1. The first-order chi connectivity index (χ1) is 11.7. The predicted molar refractivity (Wildman–Crippen MR) is 103 cm³/mol. The van der Waals surface area contributed by atoms with Gasteiger partial charge in [-0.1, -0.05) is 31.2 Å². The lowest BCUT2D eigenvalue weighted by molar-refractivity contribution is 0.419. The lowest BCUT2D eigenvalue weighted by Crippen LogP contribution is -2.02. The molecule has 0 aliphatic carbocycles. The van der Waals surface area contributed by atoms with E-state index in [-0.39, 0.29) is 0 Å². The van der Waals surface area contributed by atoms with E-state index in [1.165, 1.54) is 10.5 Å². The summed E-state index contributed by atoms with van der Waals surface area (Å²) in [6, 6.07) is 16.8. The highest BCUT2D eigenvalue weighted by Crippen LogP contribution is 2.30. The molecule has 1 aromatic heterocycles. The largest absolute Gasteiger partial charge is 0.494 e. The van der Waals surface area contributed by atoms with Crippen molar-refractivity contribution in [2.75, 3.05) is 18.2 Å². The molecule has 3 aromatic rings. The molecule has 24 heavy (non-hydrogen) atoms. The van der Waals surface area contributed by atoms with Crippen molar-refractivity contribution >= 4 is 28.4 Å². The Bertz CT molecular complexity index is 831. The van der Waals surface area contributed by atoms with E-state index in [4.69, 9.17) is 4.74 Å². The molecular weight excluding hydrogens is 316 g/mol. The molecule has 0 bridgehead atoms. The summed E-state index contributed by atoms with van der Waals surface area (Å²) in [5, 5.41) is 4.63. The zero-order valence-corrected chi connectivity index (χ0v) is 15.1. The molecular formula is C20H22N2OS. The highest BCUT2D eigenvalue weighted by molar-refractivity contribution is 7.99. The van der Waals surface area contributed by atoms with Crippen LogP contribution in [0.5, 0.6) is 5.75 Å². The van der Waals surface area contributed by atoms with Crippen LogP contribution in [0.25, 0.3) is 10.9 Å². The number of nitrogens with one attached hydrogen (secondary N) is 1. The van der Waals surface area contributed by atoms with Crippen LogP contribution in [-0.4, -0.2) is 17.8 Å². The number of fused-ring (bicyclic) bond motifs is 1. The van der Waals surface area contributed by atoms with E-state index in [9.17, 15) is 0 Å². The third kappa shape index (κ3) is 3.65. The molecule has 0 aliphatic heterocycles. The van der Waals surface area contributed by atoms with Crippen LogP contribution < -0.4 is 10.1 Å². The Morgan fingerprint density at radius 2 is 1.92 bits per heavy atom. The maximum atomic E-state index is 5.44. The average Bonchev–Trinajstić information content (AvgIpc) is 2.60. The lowest BCUT2D eigenvalue weighted by Gasteiger charge is -2.13. The van der Waals surface area contributed by atoms with Gasteiger partial charge in [-0.15, -0.1) is 11.8 Å². The molecule has 0 spiro atoms. The Balaban J connectivity index is 1.84. The van der Waals surface area contributed by atoms with Gasteiger partial charge in [0.15, 0.2) is 0 Å². The van der Waals surface area contributed by atoms with Gasteiger partial charge in [0.05, 0.1) is 7.11 Å². The van der Waals surface area contributed by atoms with E-state index in [1.807, 2.05) is 30.8 Å². The molecule has 0 radical (unpaired) electrons. The molecule has 0 unspecified atom stereocenters. The number of aryl methyl sites for hydroxylation is 1. The van der Waals surface area contributed by atoms with Crippen LogP contribution in [0.4, 0.5) is 5.69 Å². The van der Waals surface area contributed by atoms with Crippen LogP contribution >= 0.6 is 11.8 Å². The summed E-state index contributed by atoms with van der Waals surface area (Å²) in [6.07, 6.45) is 0. The minimum atomic E-state index is 0.785. The fourth-order valence-corrected chi connectivity index (χ4v) is 3.39. The van der Waals surface area contributed by atoms with Gasteiger partial charge < -0.3 is 10.1 Å². The number of aromatic nitrogens is 1. The van der Waals surface area contributed by atoms with Crippen molar-refractivity contribution in [2.24, 2.45) is 0 Å². The number of benzene rings is 2. The smallest absolute Gasteiger partial charge is 0.145 e. The number of anilines is 1. The maximum absolute atomic E-state index is 5.44. The number of hydrogen-bond acceptors (Lipinski definition) is 4. The number of methoxy groups -OCH3 is 1. The van der Waals surface area contributed by atoms with Gasteiger partial charge in [0.2, 0.25) is 0 Å². The number of pyridine rings is 1. The molecule has 0 aliphatic rings. The standard InChI is InChI=1S/C20H22N2OS/c1-4-24-16-10-8-15(9-11-16)13-21-18-12-14(2)22-20-17(18)6-5-7-19(20)23-3/h5-12H,4,13H2,1-3H3,(H,21,22). The minimum Gasteiger partial charge on any atom is -0.494 e. The topological polar surface area (TPSA) is 34.2 Å². The second-order valence-corrected chi connectivity index (χ2v) is 6.94. The van der Waals surface area contributed by atoms with E-state index >= 15 is 0 Å². The van der Waals surface area contributed by atoms with Gasteiger partial charge >= 0.3 is 0 Å². The van der Waals surface area contributed by atoms with Gasteiger partial charge in [0.25, 0.3) is 0 Å². The molecule has 4 heteroatoms. The van der Waals surface area contributed by atoms with E-state index in [2.05, 4.69) is 53.6 Å². The van der Waals surface area contributed by atoms with Crippen molar-refractivity contribution < 1.29 is 4.74 Å². The molecule has 1 heterocycles. The quantitative estimate of drug-likeness (QED) is 0.620. The Labute approximate surface area is 147 Å². The van der Waals surface area contributed by atoms with Crippen LogP contribution in [-0.2, 0) is 6.54 Å². The summed E-state index contributed by atoms with van der Waals surface area (Å²) in [5.74, 6) is 1.90. The molecule has 0 saturated carbocycles. The van der Waals surface area contributed by atoms with Gasteiger partial charge in [-0.2, -0.15) is 0 Å². The molecule has 0 saturated heterocycles. The summed E-state index contributed by atoms with van der Waals surface area (Å²) in [7, 11) is 1.68. The zero-order valence-electron chi connectivity index (χ0n) is 14.3. The van der Waals surface area contributed by atoms with Crippen LogP contribution in [0.15, 0.2) is 53.4 Å². The molecule has 124 valence electrons. The first-order valence-electron chi connectivity index (χ1n) is 8.11. The van der Waals surface area contributed by atoms with Crippen LogP contribution in [0.2, 0.25) is 0 Å². The second-order valence-electron chi connectivity index (χ2n) is 5.60. The van der Waals surface area contributed by atoms with E-state index < -0.39 is 0 Å². The van der Waals surface area contributed by atoms with Gasteiger partial charge in [-0.3, -0.25) is 0 Å². The maximum Gasteiger partial charge on any atom is 0.145 e. The predicted octanol–water partition coefficient (Wildman–Crippen LogP) is 5.28. The molecule has 0 atom stereocenters. The fraction of sp³-hybridized carbons (Fsp3) is 0.250. The van der Waals surface area contributed by atoms with Gasteiger partial charge in [0.1, 0.15) is 11.3 Å². The zero-order chi connectivity index (χ0) is 16.9. The summed E-state index contributed by atoms with van der Waals surface area (Å²) in [6.45, 7) is 4.96.